The number of carbonyl (C=O) groups excluding carboxylic acids is 1. The molecule has 0 aliphatic rings. The number of benzene rings is 1. The summed E-state index contributed by atoms with van der Waals surface area (Å²) in [5.74, 6) is -0.665. The van der Waals surface area contributed by atoms with Crippen molar-refractivity contribution in [1.82, 2.24) is 9.78 Å². The first-order chi connectivity index (χ1) is 7.63. The Morgan fingerprint density at radius 3 is 3.00 bits per heavy atom. The van der Waals surface area contributed by atoms with Gasteiger partial charge in [0.05, 0.1) is 18.8 Å². The van der Waals surface area contributed by atoms with Gasteiger partial charge in [0, 0.05) is 12.4 Å². The normalized spacial score (nSPS) is 12.7. The summed E-state index contributed by atoms with van der Waals surface area (Å²) in [6.07, 6.45) is 0.480. The number of aromatic nitrogens is 2. The third-order valence-electron chi connectivity index (χ3n) is 2.51. The van der Waals surface area contributed by atoms with Crippen molar-refractivity contribution in [1.29, 1.82) is 0 Å². The third-order valence-corrected chi connectivity index (χ3v) is 2.51. The Balaban J connectivity index is 2.45. The van der Waals surface area contributed by atoms with Crippen LogP contribution in [0.5, 0.6) is 0 Å². The van der Waals surface area contributed by atoms with E-state index in [0.29, 0.717) is 5.56 Å². The van der Waals surface area contributed by atoms with Crippen LogP contribution in [0.25, 0.3) is 10.9 Å². The van der Waals surface area contributed by atoms with Crippen LogP contribution < -0.4 is 0 Å². The molecule has 1 heterocycles. The Morgan fingerprint density at radius 1 is 1.56 bits per heavy atom. The Morgan fingerprint density at radius 2 is 2.31 bits per heavy atom. The van der Waals surface area contributed by atoms with Gasteiger partial charge in [-0.15, -0.1) is 0 Å². The molecule has 0 aliphatic heterocycles. The predicted octanol–water partition coefficient (Wildman–Crippen LogP) is 0.780. The molecule has 16 heavy (non-hydrogen) atoms. The molecule has 5 heteroatoms. The summed E-state index contributed by atoms with van der Waals surface area (Å²) in [4.78, 5) is 11.2. The molecule has 1 aromatic heterocycles. The molecule has 0 saturated carbocycles. The van der Waals surface area contributed by atoms with E-state index in [0.717, 1.165) is 10.9 Å². The van der Waals surface area contributed by atoms with E-state index in [1.807, 2.05) is 6.07 Å². The van der Waals surface area contributed by atoms with E-state index < -0.39 is 12.1 Å². The van der Waals surface area contributed by atoms with Gasteiger partial charge >= 0.3 is 5.97 Å². The number of carbonyl (C=O) groups is 1. The van der Waals surface area contributed by atoms with Gasteiger partial charge in [-0.25, -0.2) is 4.79 Å². The quantitative estimate of drug-likeness (QED) is 0.759. The second-order valence-corrected chi connectivity index (χ2v) is 3.51. The first kappa shape index (κ1) is 10.6. The SMILES string of the molecule is COC(=O)C(O)c1ccc2cnn(C)c2c1. The number of fused-ring (bicyclic) bond motifs is 1. The number of nitrogens with zero attached hydrogens (tertiary/aromatic N) is 2. The molecule has 0 spiro atoms. The fourth-order valence-electron chi connectivity index (χ4n) is 1.58. The van der Waals surface area contributed by atoms with Crippen molar-refractivity contribution in [3.8, 4) is 0 Å². The highest BCUT2D eigenvalue weighted by molar-refractivity contribution is 5.82. The molecule has 84 valence electrons. The van der Waals surface area contributed by atoms with E-state index in [1.165, 1.54) is 7.11 Å². The number of aliphatic hydroxyl groups is 1. The first-order valence-corrected chi connectivity index (χ1v) is 4.81. The molecule has 1 atom stereocenters. The standard InChI is InChI=1S/C11H12N2O3/c1-13-9-5-7(10(14)11(15)16-2)3-4-8(9)6-12-13/h3-6,10,14H,1-2H3. The largest absolute Gasteiger partial charge is 0.467 e. The minimum absolute atomic E-state index is 0.503. The van der Waals surface area contributed by atoms with Gasteiger partial charge in [-0.2, -0.15) is 5.10 Å². The topological polar surface area (TPSA) is 64.3 Å². The highest BCUT2D eigenvalue weighted by atomic mass is 16.5. The number of hydrogen-bond acceptors (Lipinski definition) is 4. The van der Waals surface area contributed by atoms with Crippen molar-refractivity contribution in [3.63, 3.8) is 0 Å². The average molecular weight is 220 g/mol. The van der Waals surface area contributed by atoms with Crippen LogP contribution in [0.15, 0.2) is 24.4 Å². The summed E-state index contributed by atoms with van der Waals surface area (Å²) in [5.41, 5.74) is 1.36. The van der Waals surface area contributed by atoms with Gasteiger partial charge in [-0.3, -0.25) is 4.68 Å². The van der Waals surface area contributed by atoms with Crippen LogP contribution >= 0.6 is 0 Å². The number of aliphatic hydroxyl groups excluding tert-OH is 1. The van der Waals surface area contributed by atoms with Crippen molar-refractivity contribution in [2.24, 2.45) is 7.05 Å². The lowest BCUT2D eigenvalue weighted by atomic mass is 10.1. The lowest BCUT2D eigenvalue weighted by Gasteiger charge is -2.08. The number of methoxy groups -OCH3 is 1. The highest BCUT2D eigenvalue weighted by Crippen LogP contribution is 2.20. The number of hydrogen-bond donors (Lipinski definition) is 1. The van der Waals surface area contributed by atoms with Crippen LogP contribution in [-0.4, -0.2) is 28.0 Å². The van der Waals surface area contributed by atoms with Crippen molar-refractivity contribution in [2.75, 3.05) is 7.11 Å². The second-order valence-electron chi connectivity index (χ2n) is 3.51. The van der Waals surface area contributed by atoms with E-state index in [-0.39, 0.29) is 0 Å². The summed E-state index contributed by atoms with van der Waals surface area (Å²) in [6.45, 7) is 0. The molecule has 1 aromatic carbocycles. The predicted molar refractivity (Wildman–Crippen MR) is 57.7 cm³/mol. The fraction of sp³-hybridized carbons (Fsp3) is 0.273. The van der Waals surface area contributed by atoms with Gasteiger partial charge in [0.25, 0.3) is 0 Å². The average Bonchev–Trinajstić information content (AvgIpc) is 2.68. The number of esters is 1. The van der Waals surface area contributed by atoms with Crippen LogP contribution in [0.3, 0.4) is 0 Å². The first-order valence-electron chi connectivity index (χ1n) is 4.81. The summed E-state index contributed by atoms with van der Waals surface area (Å²) < 4.78 is 6.16. The second kappa shape index (κ2) is 3.94. The molecule has 1 N–H and O–H groups in total. The molecular weight excluding hydrogens is 208 g/mol. The van der Waals surface area contributed by atoms with E-state index >= 15 is 0 Å². The van der Waals surface area contributed by atoms with E-state index in [9.17, 15) is 9.90 Å². The Kier molecular flexibility index (Phi) is 2.62. The monoisotopic (exact) mass is 220 g/mol. The van der Waals surface area contributed by atoms with E-state index in [1.54, 1.807) is 30.1 Å². The molecule has 2 rings (SSSR count). The van der Waals surface area contributed by atoms with Crippen LogP contribution in [0, 0.1) is 0 Å². The fourth-order valence-corrected chi connectivity index (χ4v) is 1.58. The van der Waals surface area contributed by atoms with Gasteiger partial charge in [-0.05, 0) is 11.6 Å². The maximum absolute atomic E-state index is 11.2. The number of ether oxygens (including phenoxy) is 1. The molecule has 0 bridgehead atoms. The smallest absolute Gasteiger partial charge is 0.339 e. The molecular formula is C11H12N2O3. The molecule has 5 nitrogen and oxygen atoms in total. The van der Waals surface area contributed by atoms with Gasteiger partial charge in [0.1, 0.15) is 0 Å². The van der Waals surface area contributed by atoms with Gasteiger partial charge in [-0.1, -0.05) is 12.1 Å². The zero-order valence-electron chi connectivity index (χ0n) is 9.04. The highest BCUT2D eigenvalue weighted by Gasteiger charge is 2.18. The number of aryl methyl sites for hydroxylation is 1. The zero-order valence-corrected chi connectivity index (χ0v) is 9.04. The molecule has 2 aromatic rings. The summed E-state index contributed by atoms with van der Waals surface area (Å²) in [5, 5.41) is 14.7. The lowest BCUT2D eigenvalue weighted by Crippen LogP contribution is -2.13. The van der Waals surface area contributed by atoms with E-state index in [4.69, 9.17) is 0 Å². The van der Waals surface area contributed by atoms with Crippen molar-refractivity contribution in [2.45, 2.75) is 6.10 Å². The minimum atomic E-state index is -1.25. The Hall–Kier alpha value is -1.88. The van der Waals surface area contributed by atoms with Crippen molar-refractivity contribution < 1.29 is 14.6 Å². The molecule has 0 amide bonds. The van der Waals surface area contributed by atoms with Gasteiger partial charge in [0.2, 0.25) is 0 Å². The Labute approximate surface area is 92.2 Å². The summed E-state index contributed by atoms with van der Waals surface area (Å²) >= 11 is 0. The van der Waals surface area contributed by atoms with Gasteiger partial charge in [0.15, 0.2) is 6.10 Å². The van der Waals surface area contributed by atoms with Crippen molar-refractivity contribution in [3.05, 3.63) is 30.0 Å². The maximum atomic E-state index is 11.2. The molecule has 0 saturated heterocycles. The molecule has 0 aliphatic carbocycles. The maximum Gasteiger partial charge on any atom is 0.339 e. The van der Waals surface area contributed by atoms with E-state index in [2.05, 4.69) is 9.84 Å². The molecule has 1 unspecified atom stereocenters. The summed E-state index contributed by atoms with van der Waals surface area (Å²) in [6, 6.07) is 5.22. The lowest BCUT2D eigenvalue weighted by molar-refractivity contribution is -0.150. The van der Waals surface area contributed by atoms with Crippen molar-refractivity contribution >= 4 is 16.9 Å². The van der Waals surface area contributed by atoms with Crippen LogP contribution in [0.2, 0.25) is 0 Å². The van der Waals surface area contributed by atoms with Crippen LogP contribution in [0.4, 0.5) is 0 Å². The zero-order chi connectivity index (χ0) is 11.7. The molecule has 0 radical (unpaired) electrons. The summed E-state index contributed by atoms with van der Waals surface area (Å²) in [7, 11) is 3.05. The minimum Gasteiger partial charge on any atom is -0.467 e. The number of rotatable bonds is 2. The molecule has 0 fully saturated rings. The van der Waals surface area contributed by atoms with Crippen LogP contribution in [0.1, 0.15) is 11.7 Å². The Bertz CT molecular complexity index is 533. The van der Waals surface area contributed by atoms with Gasteiger partial charge < -0.3 is 9.84 Å². The third kappa shape index (κ3) is 1.65. The van der Waals surface area contributed by atoms with Crippen LogP contribution in [-0.2, 0) is 16.6 Å².